The molecule has 0 fully saturated rings. The number of hydrogen-bond donors (Lipinski definition) is 3. The second-order valence-corrected chi connectivity index (χ2v) is 3.10. The van der Waals surface area contributed by atoms with Crippen molar-refractivity contribution in [3.8, 4) is 0 Å². The fourth-order valence-electron chi connectivity index (χ4n) is 0.855. The Kier molecular flexibility index (Phi) is 7.63. The van der Waals surface area contributed by atoms with E-state index in [9.17, 15) is 4.79 Å². The normalized spacial score (nSPS) is 12.5. The third-order valence-corrected chi connectivity index (χ3v) is 1.84. The Balaban J connectivity index is 3.30. The van der Waals surface area contributed by atoms with Crippen LogP contribution in [0.25, 0.3) is 0 Å². The molecule has 0 heterocycles. The molecule has 0 aromatic heterocycles. The molecule has 0 saturated carbocycles. The van der Waals surface area contributed by atoms with Crippen molar-refractivity contribution in [2.75, 3.05) is 19.7 Å². The predicted molar refractivity (Wildman–Crippen MR) is 52.5 cm³/mol. The molecule has 4 nitrogen and oxygen atoms in total. The largest absolute Gasteiger partial charge is 0.395 e. The maximum Gasteiger partial charge on any atom is 0.221 e. The van der Waals surface area contributed by atoms with E-state index in [4.69, 9.17) is 5.11 Å². The van der Waals surface area contributed by atoms with Crippen LogP contribution in [0.15, 0.2) is 0 Å². The van der Waals surface area contributed by atoms with Crippen LogP contribution in [0.1, 0.15) is 26.7 Å². The highest BCUT2D eigenvalue weighted by Crippen LogP contribution is 1.88. The molecule has 0 aliphatic heterocycles. The molecule has 0 saturated heterocycles. The van der Waals surface area contributed by atoms with Crippen molar-refractivity contribution in [2.45, 2.75) is 32.7 Å². The summed E-state index contributed by atoms with van der Waals surface area (Å²) in [6.45, 7) is 5.32. The van der Waals surface area contributed by atoms with Crippen LogP contribution in [0, 0.1) is 0 Å². The summed E-state index contributed by atoms with van der Waals surface area (Å²) in [5, 5.41) is 14.3. The molecule has 1 amide bonds. The Morgan fingerprint density at radius 2 is 2.15 bits per heavy atom. The zero-order chi connectivity index (χ0) is 10.1. The van der Waals surface area contributed by atoms with Gasteiger partial charge in [-0.1, -0.05) is 6.92 Å². The van der Waals surface area contributed by atoms with Crippen LogP contribution in [0.2, 0.25) is 0 Å². The smallest absolute Gasteiger partial charge is 0.221 e. The van der Waals surface area contributed by atoms with Gasteiger partial charge in [-0.3, -0.25) is 4.79 Å². The van der Waals surface area contributed by atoms with Crippen molar-refractivity contribution in [2.24, 2.45) is 0 Å². The molecular formula is C9H20N2O2. The number of amides is 1. The van der Waals surface area contributed by atoms with Crippen molar-refractivity contribution in [3.05, 3.63) is 0 Å². The summed E-state index contributed by atoms with van der Waals surface area (Å²) in [6.07, 6.45) is 1.43. The lowest BCUT2D eigenvalue weighted by Gasteiger charge is -2.11. The molecule has 78 valence electrons. The first kappa shape index (κ1) is 12.4. The third kappa shape index (κ3) is 7.74. The van der Waals surface area contributed by atoms with Crippen molar-refractivity contribution in [3.63, 3.8) is 0 Å². The molecule has 0 aliphatic rings. The molecule has 0 rings (SSSR count). The van der Waals surface area contributed by atoms with Gasteiger partial charge in [0.05, 0.1) is 6.61 Å². The summed E-state index contributed by atoms with van der Waals surface area (Å²) in [5.74, 6) is 0.0692. The minimum absolute atomic E-state index is 0.0692. The Bertz CT molecular complexity index is 140. The molecule has 0 aliphatic carbocycles. The molecule has 0 aromatic carbocycles. The maximum atomic E-state index is 11.2. The lowest BCUT2D eigenvalue weighted by molar-refractivity contribution is -0.121. The van der Waals surface area contributed by atoms with Gasteiger partial charge in [-0.25, -0.2) is 0 Å². The van der Waals surface area contributed by atoms with Gasteiger partial charge in [-0.05, 0) is 13.3 Å². The molecule has 0 radical (unpaired) electrons. The van der Waals surface area contributed by atoms with Crippen LogP contribution in [-0.2, 0) is 4.79 Å². The molecule has 1 atom stereocenters. The zero-order valence-electron chi connectivity index (χ0n) is 8.47. The van der Waals surface area contributed by atoms with Crippen molar-refractivity contribution >= 4 is 5.91 Å². The first-order chi connectivity index (χ1) is 6.20. The summed E-state index contributed by atoms with van der Waals surface area (Å²) in [4.78, 5) is 11.2. The second-order valence-electron chi connectivity index (χ2n) is 3.10. The topological polar surface area (TPSA) is 61.4 Å². The molecule has 4 heteroatoms. The molecule has 0 bridgehead atoms. The molecular weight excluding hydrogens is 168 g/mol. The van der Waals surface area contributed by atoms with Crippen LogP contribution >= 0.6 is 0 Å². The molecule has 0 aromatic rings. The van der Waals surface area contributed by atoms with Gasteiger partial charge in [0.2, 0.25) is 5.91 Å². The highest BCUT2D eigenvalue weighted by atomic mass is 16.3. The maximum absolute atomic E-state index is 11.2. The van der Waals surface area contributed by atoms with Crippen molar-refractivity contribution in [1.82, 2.24) is 10.6 Å². The monoisotopic (exact) mass is 188 g/mol. The highest BCUT2D eigenvalue weighted by molar-refractivity contribution is 5.76. The predicted octanol–water partition coefficient (Wildman–Crippen LogP) is -0.127. The number of carbonyl (C=O) groups excluding carboxylic acids is 1. The summed E-state index contributed by atoms with van der Waals surface area (Å²) in [6, 6.07) is 0.255. The number of aliphatic hydroxyl groups is 1. The van der Waals surface area contributed by atoms with Gasteiger partial charge in [0.1, 0.15) is 0 Å². The van der Waals surface area contributed by atoms with E-state index < -0.39 is 0 Å². The van der Waals surface area contributed by atoms with E-state index in [2.05, 4.69) is 10.6 Å². The van der Waals surface area contributed by atoms with Gasteiger partial charge in [0, 0.05) is 25.6 Å². The van der Waals surface area contributed by atoms with Gasteiger partial charge in [0.25, 0.3) is 0 Å². The number of hydrogen-bond acceptors (Lipinski definition) is 3. The van der Waals surface area contributed by atoms with Crippen LogP contribution in [0.5, 0.6) is 0 Å². The average molecular weight is 188 g/mol. The van der Waals surface area contributed by atoms with Crippen LogP contribution < -0.4 is 10.6 Å². The SMILES string of the molecule is CCC(C)NC(=O)CCNCCO. The lowest BCUT2D eigenvalue weighted by atomic mass is 10.2. The van der Waals surface area contributed by atoms with Gasteiger partial charge in [-0.15, -0.1) is 0 Å². The quantitative estimate of drug-likeness (QED) is 0.488. The summed E-state index contributed by atoms with van der Waals surface area (Å²) in [5.41, 5.74) is 0. The standard InChI is InChI=1S/C9H20N2O2/c1-3-8(2)11-9(13)4-5-10-6-7-12/h8,10,12H,3-7H2,1-2H3,(H,11,13). The van der Waals surface area contributed by atoms with Gasteiger partial charge in [0.15, 0.2) is 0 Å². The fourth-order valence-corrected chi connectivity index (χ4v) is 0.855. The minimum Gasteiger partial charge on any atom is -0.395 e. The summed E-state index contributed by atoms with van der Waals surface area (Å²) < 4.78 is 0. The Hall–Kier alpha value is -0.610. The van der Waals surface area contributed by atoms with Gasteiger partial charge in [-0.2, -0.15) is 0 Å². The first-order valence-corrected chi connectivity index (χ1v) is 4.81. The number of aliphatic hydroxyl groups excluding tert-OH is 1. The van der Waals surface area contributed by atoms with E-state index in [1.807, 2.05) is 13.8 Å². The van der Waals surface area contributed by atoms with E-state index in [0.717, 1.165) is 6.42 Å². The van der Waals surface area contributed by atoms with E-state index in [1.165, 1.54) is 0 Å². The second kappa shape index (κ2) is 8.01. The Labute approximate surface area is 79.7 Å². The summed E-state index contributed by atoms with van der Waals surface area (Å²) in [7, 11) is 0. The summed E-state index contributed by atoms with van der Waals surface area (Å²) >= 11 is 0. The van der Waals surface area contributed by atoms with Crippen molar-refractivity contribution < 1.29 is 9.90 Å². The number of rotatable bonds is 7. The Morgan fingerprint density at radius 3 is 2.69 bits per heavy atom. The number of nitrogens with one attached hydrogen (secondary N) is 2. The molecule has 3 N–H and O–H groups in total. The average Bonchev–Trinajstić information content (AvgIpc) is 2.12. The van der Waals surface area contributed by atoms with Gasteiger partial charge >= 0.3 is 0 Å². The zero-order valence-corrected chi connectivity index (χ0v) is 8.47. The lowest BCUT2D eigenvalue weighted by Crippen LogP contribution is -2.34. The van der Waals surface area contributed by atoms with E-state index in [0.29, 0.717) is 19.5 Å². The van der Waals surface area contributed by atoms with Crippen molar-refractivity contribution in [1.29, 1.82) is 0 Å². The van der Waals surface area contributed by atoms with Crippen LogP contribution in [0.3, 0.4) is 0 Å². The molecule has 1 unspecified atom stereocenters. The van der Waals surface area contributed by atoms with Gasteiger partial charge < -0.3 is 15.7 Å². The van der Waals surface area contributed by atoms with Crippen LogP contribution in [-0.4, -0.2) is 36.8 Å². The van der Waals surface area contributed by atoms with E-state index in [-0.39, 0.29) is 18.6 Å². The first-order valence-electron chi connectivity index (χ1n) is 4.81. The molecule has 0 spiro atoms. The van der Waals surface area contributed by atoms with E-state index in [1.54, 1.807) is 0 Å². The van der Waals surface area contributed by atoms with Crippen LogP contribution in [0.4, 0.5) is 0 Å². The highest BCUT2D eigenvalue weighted by Gasteiger charge is 2.03. The fraction of sp³-hybridized carbons (Fsp3) is 0.889. The van der Waals surface area contributed by atoms with E-state index >= 15 is 0 Å². The number of carbonyl (C=O) groups is 1. The minimum atomic E-state index is 0.0692. The third-order valence-electron chi connectivity index (χ3n) is 1.84. The molecule has 13 heavy (non-hydrogen) atoms. The Morgan fingerprint density at radius 1 is 1.46 bits per heavy atom.